The van der Waals surface area contributed by atoms with Gasteiger partial charge in [0.15, 0.2) is 0 Å². The summed E-state index contributed by atoms with van der Waals surface area (Å²) in [5.74, 6) is -0.160. The summed E-state index contributed by atoms with van der Waals surface area (Å²) in [6, 6.07) is 6.91. The molecular weight excluding hydrogens is 342 g/mol. The molecule has 0 radical (unpaired) electrons. The third-order valence-corrected chi connectivity index (χ3v) is 4.33. The van der Waals surface area contributed by atoms with Gasteiger partial charge in [-0.3, -0.25) is 19.3 Å². The van der Waals surface area contributed by atoms with E-state index in [9.17, 15) is 14.4 Å². The van der Waals surface area contributed by atoms with Crippen LogP contribution in [0.4, 0.5) is 5.69 Å². The van der Waals surface area contributed by atoms with Crippen molar-refractivity contribution in [3.05, 3.63) is 29.3 Å². The van der Waals surface area contributed by atoms with Crippen molar-refractivity contribution in [2.24, 2.45) is 5.92 Å². The summed E-state index contributed by atoms with van der Waals surface area (Å²) in [6.07, 6.45) is 0.414. The molecule has 7 heteroatoms. The Balaban J connectivity index is 1.99. The molecule has 3 amide bonds. The molecule has 1 aliphatic rings. The van der Waals surface area contributed by atoms with Crippen LogP contribution in [-0.2, 0) is 14.4 Å². The molecule has 0 bridgehead atoms. The van der Waals surface area contributed by atoms with Crippen molar-refractivity contribution in [1.29, 1.82) is 0 Å². The minimum absolute atomic E-state index is 0.00376. The zero-order valence-corrected chi connectivity index (χ0v) is 15.6. The zero-order chi connectivity index (χ0) is 18.6. The molecule has 1 heterocycles. The number of amides is 3. The normalized spacial score (nSPS) is 14.4. The van der Waals surface area contributed by atoms with Gasteiger partial charge in [0.2, 0.25) is 17.7 Å². The fourth-order valence-corrected chi connectivity index (χ4v) is 2.81. The molecule has 6 nitrogen and oxygen atoms in total. The van der Waals surface area contributed by atoms with Gasteiger partial charge in [0.1, 0.15) is 13.2 Å². The summed E-state index contributed by atoms with van der Waals surface area (Å²) in [7, 11) is 0. The first kappa shape index (κ1) is 19.2. The van der Waals surface area contributed by atoms with Gasteiger partial charge in [-0.2, -0.15) is 0 Å². The molecule has 1 fully saturated rings. The van der Waals surface area contributed by atoms with Crippen molar-refractivity contribution in [2.75, 3.05) is 31.2 Å². The first-order chi connectivity index (χ1) is 11.8. The highest BCUT2D eigenvalue weighted by Gasteiger charge is 2.32. The summed E-state index contributed by atoms with van der Waals surface area (Å²) in [5, 5.41) is 0.589. The second-order valence-corrected chi connectivity index (χ2v) is 6.97. The Kier molecular flexibility index (Phi) is 6.42. The Morgan fingerprint density at radius 2 is 1.88 bits per heavy atom. The van der Waals surface area contributed by atoms with E-state index in [4.69, 9.17) is 11.6 Å². The molecule has 0 unspecified atom stereocenters. The maximum absolute atomic E-state index is 12.5. The molecule has 0 aliphatic carbocycles. The van der Waals surface area contributed by atoms with Crippen molar-refractivity contribution < 1.29 is 14.4 Å². The summed E-state index contributed by atoms with van der Waals surface area (Å²) in [4.78, 5) is 41.5. The van der Waals surface area contributed by atoms with Gasteiger partial charge in [-0.05, 0) is 37.1 Å². The maximum atomic E-state index is 12.5. The Labute approximate surface area is 153 Å². The van der Waals surface area contributed by atoms with Crippen molar-refractivity contribution in [1.82, 2.24) is 9.80 Å². The Morgan fingerprint density at radius 1 is 1.24 bits per heavy atom. The predicted octanol–water partition coefficient (Wildman–Crippen LogP) is 2.37. The van der Waals surface area contributed by atoms with E-state index in [0.717, 1.165) is 0 Å². The number of hydrogen-bond donors (Lipinski definition) is 0. The van der Waals surface area contributed by atoms with Gasteiger partial charge in [0.05, 0.1) is 6.54 Å². The number of benzene rings is 1. The SMILES string of the molecule is CCN(CC(=O)N1CC(=O)N(c2ccc(Cl)cc2)C1)C(=O)CC(C)C. The second kappa shape index (κ2) is 8.34. The fraction of sp³-hybridized carbons (Fsp3) is 0.500. The lowest BCUT2D eigenvalue weighted by atomic mass is 10.1. The average Bonchev–Trinajstić information content (AvgIpc) is 2.94. The zero-order valence-electron chi connectivity index (χ0n) is 14.9. The summed E-state index contributed by atoms with van der Waals surface area (Å²) in [5.41, 5.74) is 0.702. The van der Waals surface area contributed by atoms with E-state index in [0.29, 0.717) is 23.7 Å². The van der Waals surface area contributed by atoms with E-state index in [1.54, 1.807) is 29.2 Å². The van der Waals surface area contributed by atoms with Gasteiger partial charge in [-0.1, -0.05) is 25.4 Å². The van der Waals surface area contributed by atoms with Gasteiger partial charge < -0.3 is 9.80 Å². The highest BCUT2D eigenvalue weighted by atomic mass is 35.5. The molecule has 1 aliphatic heterocycles. The molecule has 0 N–H and O–H groups in total. The number of halogens is 1. The van der Waals surface area contributed by atoms with E-state index >= 15 is 0 Å². The van der Waals surface area contributed by atoms with Crippen LogP contribution in [0, 0.1) is 5.92 Å². The molecule has 1 saturated heterocycles. The summed E-state index contributed by atoms with van der Waals surface area (Å²) in [6.45, 7) is 6.48. The number of rotatable bonds is 6. The molecule has 0 saturated carbocycles. The van der Waals surface area contributed by atoms with Gasteiger partial charge in [0.25, 0.3) is 0 Å². The van der Waals surface area contributed by atoms with Crippen molar-refractivity contribution in [3.8, 4) is 0 Å². The predicted molar refractivity (Wildman–Crippen MR) is 97.2 cm³/mol. The smallest absolute Gasteiger partial charge is 0.248 e. The average molecular weight is 366 g/mol. The Morgan fingerprint density at radius 3 is 2.44 bits per heavy atom. The van der Waals surface area contributed by atoms with Crippen LogP contribution in [0.25, 0.3) is 0 Å². The van der Waals surface area contributed by atoms with E-state index < -0.39 is 0 Å². The highest BCUT2D eigenvalue weighted by molar-refractivity contribution is 6.30. The number of hydrogen-bond acceptors (Lipinski definition) is 3. The van der Waals surface area contributed by atoms with Crippen molar-refractivity contribution >= 4 is 35.0 Å². The van der Waals surface area contributed by atoms with Crippen LogP contribution < -0.4 is 4.90 Å². The van der Waals surface area contributed by atoms with E-state index in [1.165, 1.54) is 9.80 Å². The Hall–Kier alpha value is -2.08. The van der Waals surface area contributed by atoms with Crippen molar-refractivity contribution in [3.63, 3.8) is 0 Å². The lowest BCUT2D eigenvalue weighted by molar-refractivity contribution is -0.140. The molecule has 2 rings (SSSR count). The Bertz CT molecular complexity index is 645. The van der Waals surface area contributed by atoms with E-state index in [-0.39, 0.29) is 43.4 Å². The number of carbonyl (C=O) groups excluding carboxylic acids is 3. The van der Waals surface area contributed by atoms with Crippen LogP contribution in [0.2, 0.25) is 5.02 Å². The van der Waals surface area contributed by atoms with Crippen LogP contribution >= 0.6 is 11.6 Å². The molecule has 25 heavy (non-hydrogen) atoms. The van der Waals surface area contributed by atoms with Gasteiger partial charge >= 0.3 is 0 Å². The molecule has 136 valence electrons. The second-order valence-electron chi connectivity index (χ2n) is 6.54. The van der Waals surface area contributed by atoms with E-state index in [1.807, 2.05) is 20.8 Å². The molecule has 0 atom stereocenters. The van der Waals surface area contributed by atoms with Gasteiger partial charge in [-0.25, -0.2) is 0 Å². The van der Waals surface area contributed by atoms with E-state index in [2.05, 4.69) is 0 Å². The molecule has 0 spiro atoms. The maximum Gasteiger partial charge on any atom is 0.248 e. The largest absolute Gasteiger partial charge is 0.334 e. The van der Waals surface area contributed by atoms with Crippen LogP contribution in [0.5, 0.6) is 0 Å². The van der Waals surface area contributed by atoms with Crippen LogP contribution in [-0.4, -0.2) is 53.8 Å². The third-order valence-electron chi connectivity index (χ3n) is 4.07. The summed E-state index contributed by atoms with van der Waals surface area (Å²) < 4.78 is 0. The van der Waals surface area contributed by atoms with Crippen LogP contribution in [0.1, 0.15) is 27.2 Å². The van der Waals surface area contributed by atoms with Crippen LogP contribution in [0.3, 0.4) is 0 Å². The molecule has 1 aromatic rings. The van der Waals surface area contributed by atoms with Gasteiger partial charge in [0, 0.05) is 23.7 Å². The quantitative estimate of drug-likeness (QED) is 0.777. The number of nitrogens with zero attached hydrogens (tertiary/aromatic N) is 3. The minimum Gasteiger partial charge on any atom is -0.334 e. The molecule has 0 aromatic heterocycles. The first-order valence-corrected chi connectivity index (χ1v) is 8.81. The third kappa shape index (κ3) is 4.95. The number of likely N-dealkylation sites (N-methyl/N-ethyl adjacent to an activating group) is 1. The monoisotopic (exact) mass is 365 g/mol. The highest BCUT2D eigenvalue weighted by Crippen LogP contribution is 2.21. The molecule has 1 aromatic carbocycles. The number of anilines is 1. The van der Waals surface area contributed by atoms with Gasteiger partial charge in [-0.15, -0.1) is 0 Å². The first-order valence-electron chi connectivity index (χ1n) is 8.43. The lowest BCUT2D eigenvalue weighted by Gasteiger charge is -2.24. The standard InChI is InChI=1S/C18H24ClN3O3/c1-4-20(16(23)9-13(2)3)10-17(24)21-11-18(25)22(12-21)15-7-5-14(19)6-8-15/h5-8,13H,4,9-12H2,1-3H3. The van der Waals surface area contributed by atoms with Crippen molar-refractivity contribution in [2.45, 2.75) is 27.2 Å². The number of carbonyl (C=O) groups is 3. The topological polar surface area (TPSA) is 60.9 Å². The summed E-state index contributed by atoms with van der Waals surface area (Å²) >= 11 is 5.87. The minimum atomic E-state index is -0.219. The lowest BCUT2D eigenvalue weighted by Crippen LogP contribution is -2.42. The van der Waals surface area contributed by atoms with Crippen LogP contribution in [0.15, 0.2) is 24.3 Å². The molecular formula is C18H24ClN3O3. The fourth-order valence-electron chi connectivity index (χ4n) is 2.68.